The number of nitrogens with one attached hydrogen (secondary N) is 1. The van der Waals surface area contributed by atoms with Gasteiger partial charge in [-0.15, -0.1) is 0 Å². The Labute approximate surface area is 121 Å². The summed E-state index contributed by atoms with van der Waals surface area (Å²) in [7, 11) is 1.16. The van der Waals surface area contributed by atoms with Gasteiger partial charge in [-0.2, -0.15) is 13.2 Å². The van der Waals surface area contributed by atoms with E-state index in [1.807, 2.05) is 0 Å². The second-order valence-electron chi connectivity index (χ2n) is 5.06. The van der Waals surface area contributed by atoms with E-state index in [0.29, 0.717) is 17.9 Å². The summed E-state index contributed by atoms with van der Waals surface area (Å²) in [6.07, 6.45) is -1.54. The molecule has 1 amide bonds. The van der Waals surface area contributed by atoms with Crippen molar-refractivity contribution in [2.75, 3.05) is 26.7 Å². The van der Waals surface area contributed by atoms with E-state index in [0.717, 1.165) is 26.4 Å². The fourth-order valence-electron chi connectivity index (χ4n) is 2.27. The lowest BCUT2D eigenvalue weighted by Gasteiger charge is -2.27. The molecule has 122 valence electrons. The Morgan fingerprint density at radius 3 is 2.62 bits per heavy atom. The van der Waals surface area contributed by atoms with Crippen molar-refractivity contribution >= 4 is 11.9 Å². The van der Waals surface area contributed by atoms with Gasteiger partial charge in [-0.3, -0.25) is 9.59 Å². The third-order valence-electron chi connectivity index (χ3n) is 3.35. The largest absolute Gasteiger partial charge is 0.469 e. The van der Waals surface area contributed by atoms with Crippen LogP contribution < -0.4 is 5.32 Å². The fraction of sp³-hybridized carbons (Fsp3) is 0.846. The highest BCUT2D eigenvalue weighted by molar-refractivity contribution is 5.82. The average Bonchev–Trinajstić information content (AvgIpc) is 2.69. The van der Waals surface area contributed by atoms with Crippen molar-refractivity contribution in [1.29, 1.82) is 0 Å². The third kappa shape index (κ3) is 6.79. The number of ether oxygens (including phenoxy) is 1. The molecule has 1 aliphatic rings. The predicted octanol–water partition coefficient (Wildman–Crippen LogP) is 1.47. The van der Waals surface area contributed by atoms with Gasteiger partial charge < -0.3 is 15.0 Å². The summed E-state index contributed by atoms with van der Waals surface area (Å²) in [5.74, 6) is -1.23. The average molecular weight is 310 g/mol. The Morgan fingerprint density at radius 2 is 2.00 bits per heavy atom. The van der Waals surface area contributed by atoms with E-state index >= 15 is 0 Å². The SMILES string of the molecule is COC(=O)CCN(CC(F)(F)F)C(=O)C1CCCCCN1. The first-order chi connectivity index (χ1) is 9.83. The first-order valence-electron chi connectivity index (χ1n) is 6.99. The highest BCUT2D eigenvalue weighted by Crippen LogP contribution is 2.19. The summed E-state index contributed by atoms with van der Waals surface area (Å²) >= 11 is 0. The lowest BCUT2D eigenvalue weighted by molar-refractivity contribution is -0.164. The van der Waals surface area contributed by atoms with E-state index in [9.17, 15) is 22.8 Å². The molecule has 1 rings (SSSR count). The smallest absolute Gasteiger partial charge is 0.406 e. The highest BCUT2D eigenvalue weighted by atomic mass is 19.4. The normalized spacial score (nSPS) is 19.7. The Hall–Kier alpha value is -1.31. The molecule has 0 radical (unpaired) electrons. The zero-order valence-corrected chi connectivity index (χ0v) is 12.0. The molecule has 0 aromatic rings. The quantitative estimate of drug-likeness (QED) is 0.781. The summed E-state index contributed by atoms with van der Waals surface area (Å²) in [6.45, 7) is -1.02. The molecule has 1 atom stereocenters. The molecule has 0 aromatic heterocycles. The van der Waals surface area contributed by atoms with Gasteiger partial charge in [-0.05, 0) is 19.4 Å². The molecule has 1 unspecified atom stereocenters. The van der Waals surface area contributed by atoms with Crippen molar-refractivity contribution in [3.8, 4) is 0 Å². The number of hydrogen-bond donors (Lipinski definition) is 1. The molecule has 1 heterocycles. The van der Waals surface area contributed by atoms with Gasteiger partial charge in [0.25, 0.3) is 0 Å². The summed E-state index contributed by atoms with van der Waals surface area (Å²) in [4.78, 5) is 24.0. The predicted molar refractivity (Wildman–Crippen MR) is 69.5 cm³/mol. The minimum atomic E-state index is -4.49. The third-order valence-corrected chi connectivity index (χ3v) is 3.35. The van der Waals surface area contributed by atoms with E-state index in [1.165, 1.54) is 0 Å². The van der Waals surface area contributed by atoms with Crippen LogP contribution in [0.15, 0.2) is 0 Å². The Bertz CT molecular complexity index is 353. The van der Waals surface area contributed by atoms with Crippen LogP contribution in [0.5, 0.6) is 0 Å². The Kier molecular flexibility index (Phi) is 6.94. The van der Waals surface area contributed by atoms with E-state index in [1.54, 1.807) is 0 Å². The first-order valence-corrected chi connectivity index (χ1v) is 6.99. The molecule has 5 nitrogen and oxygen atoms in total. The number of amides is 1. The zero-order valence-electron chi connectivity index (χ0n) is 12.0. The molecule has 0 aliphatic carbocycles. The summed E-state index contributed by atoms with van der Waals surface area (Å²) in [5, 5.41) is 2.97. The van der Waals surface area contributed by atoms with Crippen LogP contribution in [-0.2, 0) is 14.3 Å². The van der Waals surface area contributed by atoms with Crippen molar-refractivity contribution in [2.45, 2.75) is 44.3 Å². The van der Waals surface area contributed by atoms with Gasteiger partial charge in [-0.1, -0.05) is 12.8 Å². The maximum absolute atomic E-state index is 12.6. The second kappa shape index (κ2) is 8.21. The number of alkyl halides is 3. The van der Waals surface area contributed by atoms with E-state index in [-0.39, 0.29) is 13.0 Å². The summed E-state index contributed by atoms with van der Waals surface area (Å²) in [6, 6.07) is -0.604. The van der Waals surface area contributed by atoms with Crippen molar-refractivity contribution < 1.29 is 27.5 Å². The van der Waals surface area contributed by atoms with Crippen molar-refractivity contribution in [3.63, 3.8) is 0 Å². The maximum atomic E-state index is 12.6. The Balaban J connectivity index is 2.68. The van der Waals surface area contributed by atoms with Crippen molar-refractivity contribution in [3.05, 3.63) is 0 Å². The van der Waals surface area contributed by atoms with Crippen LogP contribution >= 0.6 is 0 Å². The van der Waals surface area contributed by atoms with Gasteiger partial charge >= 0.3 is 12.1 Å². The van der Waals surface area contributed by atoms with Crippen LogP contribution in [0.25, 0.3) is 0 Å². The van der Waals surface area contributed by atoms with Gasteiger partial charge in [-0.25, -0.2) is 0 Å². The van der Waals surface area contributed by atoms with Crippen molar-refractivity contribution in [1.82, 2.24) is 10.2 Å². The lowest BCUT2D eigenvalue weighted by atomic mass is 10.1. The second-order valence-corrected chi connectivity index (χ2v) is 5.06. The lowest BCUT2D eigenvalue weighted by Crippen LogP contribution is -2.49. The number of esters is 1. The fourth-order valence-corrected chi connectivity index (χ4v) is 2.27. The minimum absolute atomic E-state index is 0.245. The van der Waals surface area contributed by atoms with Gasteiger partial charge in [0.15, 0.2) is 0 Å². The molecular formula is C13H21F3N2O3. The first kappa shape index (κ1) is 17.7. The molecule has 1 aliphatic heterocycles. The van der Waals surface area contributed by atoms with Crippen LogP contribution in [0.4, 0.5) is 13.2 Å². The number of hydrogen-bond acceptors (Lipinski definition) is 4. The van der Waals surface area contributed by atoms with Gasteiger partial charge in [0.2, 0.25) is 5.91 Å². The van der Waals surface area contributed by atoms with Gasteiger partial charge in [0.1, 0.15) is 6.54 Å². The Morgan fingerprint density at radius 1 is 1.29 bits per heavy atom. The van der Waals surface area contributed by atoms with Crippen molar-refractivity contribution in [2.24, 2.45) is 0 Å². The molecule has 8 heteroatoms. The van der Waals surface area contributed by atoms with Crippen LogP contribution in [0.1, 0.15) is 32.1 Å². The molecule has 1 N–H and O–H groups in total. The van der Waals surface area contributed by atoms with Crippen LogP contribution in [0.3, 0.4) is 0 Å². The molecule has 0 aromatic carbocycles. The summed E-state index contributed by atoms with van der Waals surface area (Å²) in [5.41, 5.74) is 0. The molecule has 21 heavy (non-hydrogen) atoms. The molecule has 0 bridgehead atoms. The number of carbonyl (C=O) groups excluding carboxylic acids is 2. The standard InChI is InChI=1S/C13H21F3N2O3/c1-21-11(19)6-8-18(9-13(14,15)16)12(20)10-5-3-2-4-7-17-10/h10,17H,2-9H2,1H3. The summed E-state index contributed by atoms with van der Waals surface area (Å²) < 4.78 is 42.2. The number of methoxy groups -OCH3 is 1. The van der Waals surface area contributed by atoms with E-state index in [4.69, 9.17) is 0 Å². The number of carbonyl (C=O) groups is 2. The number of nitrogens with zero attached hydrogens (tertiary/aromatic N) is 1. The van der Waals surface area contributed by atoms with Crippen LogP contribution in [0, 0.1) is 0 Å². The van der Waals surface area contributed by atoms with E-state index < -0.39 is 30.6 Å². The van der Waals surface area contributed by atoms with Gasteiger partial charge in [0, 0.05) is 6.54 Å². The number of rotatable bonds is 5. The highest BCUT2D eigenvalue weighted by Gasteiger charge is 2.35. The topological polar surface area (TPSA) is 58.6 Å². The number of halogens is 3. The molecule has 0 spiro atoms. The van der Waals surface area contributed by atoms with Gasteiger partial charge in [0.05, 0.1) is 19.6 Å². The molecule has 1 fully saturated rings. The zero-order chi connectivity index (χ0) is 15.9. The minimum Gasteiger partial charge on any atom is -0.469 e. The monoisotopic (exact) mass is 310 g/mol. The molecule has 0 saturated carbocycles. The van der Waals surface area contributed by atoms with E-state index in [2.05, 4.69) is 10.1 Å². The van der Waals surface area contributed by atoms with Crippen LogP contribution in [0.2, 0.25) is 0 Å². The van der Waals surface area contributed by atoms with Crippen LogP contribution in [-0.4, -0.2) is 55.7 Å². The molecular weight excluding hydrogens is 289 g/mol. The molecule has 1 saturated heterocycles. The maximum Gasteiger partial charge on any atom is 0.406 e.